The summed E-state index contributed by atoms with van der Waals surface area (Å²) in [5, 5.41) is 9.55. The van der Waals surface area contributed by atoms with Crippen molar-refractivity contribution in [1.82, 2.24) is 0 Å². The Bertz CT molecular complexity index is 865. The molecule has 1 aliphatic carbocycles. The summed E-state index contributed by atoms with van der Waals surface area (Å²) in [7, 11) is 0. The predicted octanol–water partition coefficient (Wildman–Crippen LogP) is 6.57. The summed E-state index contributed by atoms with van der Waals surface area (Å²) in [6.07, 6.45) is 3.01. The van der Waals surface area contributed by atoms with E-state index in [2.05, 4.69) is 6.92 Å². The van der Waals surface area contributed by atoms with Crippen molar-refractivity contribution in [3.05, 3.63) is 58.9 Å². The third-order valence-corrected chi connectivity index (χ3v) is 6.08. The highest BCUT2D eigenvalue weighted by Gasteiger charge is 2.29. The van der Waals surface area contributed by atoms with E-state index in [1.165, 1.54) is 18.2 Å². The number of hydrogen-bond acceptors (Lipinski definition) is 1. The van der Waals surface area contributed by atoms with Gasteiger partial charge in [0.05, 0.1) is 5.56 Å². The van der Waals surface area contributed by atoms with Crippen LogP contribution >= 0.6 is 0 Å². The summed E-state index contributed by atoms with van der Waals surface area (Å²) >= 11 is 0. The molecule has 2 aromatic rings. The van der Waals surface area contributed by atoms with Gasteiger partial charge in [-0.1, -0.05) is 38.3 Å². The van der Waals surface area contributed by atoms with Crippen molar-refractivity contribution < 1.29 is 27.5 Å². The van der Waals surface area contributed by atoms with Crippen molar-refractivity contribution in [2.75, 3.05) is 0 Å². The maximum absolute atomic E-state index is 15.2. The Balaban J connectivity index is 1.96. The van der Waals surface area contributed by atoms with Gasteiger partial charge in [-0.2, -0.15) is 0 Å². The van der Waals surface area contributed by atoms with Crippen molar-refractivity contribution in [3.63, 3.8) is 0 Å². The van der Waals surface area contributed by atoms with Crippen LogP contribution in [0.4, 0.5) is 17.6 Å². The first-order valence-corrected chi connectivity index (χ1v) is 9.96. The molecule has 2 aromatic carbocycles. The zero-order valence-electron chi connectivity index (χ0n) is 16.2. The first-order chi connectivity index (χ1) is 13.8. The van der Waals surface area contributed by atoms with Crippen molar-refractivity contribution in [1.29, 1.82) is 0 Å². The van der Waals surface area contributed by atoms with E-state index < -0.39 is 29.6 Å². The lowest BCUT2D eigenvalue weighted by atomic mass is 9.77. The normalized spacial score (nSPS) is 20.4. The molecule has 1 atom stereocenters. The van der Waals surface area contributed by atoms with Crippen LogP contribution in [-0.2, 0) is 6.42 Å². The zero-order valence-corrected chi connectivity index (χ0v) is 16.2. The van der Waals surface area contributed by atoms with Gasteiger partial charge < -0.3 is 5.11 Å². The van der Waals surface area contributed by atoms with Crippen LogP contribution in [0.2, 0.25) is 0 Å². The summed E-state index contributed by atoms with van der Waals surface area (Å²) in [6, 6.07) is 5.87. The van der Waals surface area contributed by atoms with Gasteiger partial charge in [-0.3, -0.25) is 0 Å². The second-order valence-corrected chi connectivity index (χ2v) is 7.80. The van der Waals surface area contributed by atoms with Gasteiger partial charge in [-0.25, -0.2) is 22.4 Å². The number of alkyl halides is 1. The summed E-state index contributed by atoms with van der Waals surface area (Å²) in [5.74, 6) is -5.16. The molecule has 0 radical (unpaired) electrons. The molecule has 156 valence electrons. The second-order valence-electron chi connectivity index (χ2n) is 7.80. The van der Waals surface area contributed by atoms with E-state index in [1.807, 2.05) is 0 Å². The van der Waals surface area contributed by atoms with Crippen LogP contribution in [0, 0.1) is 29.3 Å². The van der Waals surface area contributed by atoms with Gasteiger partial charge in [0.15, 0.2) is 17.5 Å². The fourth-order valence-corrected chi connectivity index (χ4v) is 4.31. The lowest BCUT2D eigenvalue weighted by Gasteiger charge is -2.30. The van der Waals surface area contributed by atoms with E-state index in [0.29, 0.717) is 5.92 Å². The molecular formula is C23H24F4O2. The number of carboxylic acid groups (broad SMARTS) is 1. The lowest BCUT2D eigenvalue weighted by Crippen LogP contribution is -2.25. The van der Waals surface area contributed by atoms with Gasteiger partial charge in [-0.15, -0.1) is 0 Å². The average molecular weight is 408 g/mol. The van der Waals surface area contributed by atoms with Crippen LogP contribution in [0.1, 0.15) is 54.9 Å². The minimum Gasteiger partial charge on any atom is -0.478 e. The Hall–Kier alpha value is -2.37. The molecule has 1 unspecified atom stereocenters. The molecule has 1 N–H and O–H groups in total. The van der Waals surface area contributed by atoms with E-state index >= 15 is 4.39 Å². The number of benzene rings is 2. The van der Waals surface area contributed by atoms with Gasteiger partial charge in [0.1, 0.15) is 6.17 Å². The fraction of sp³-hybridized carbons (Fsp3) is 0.435. The van der Waals surface area contributed by atoms with Gasteiger partial charge in [0.25, 0.3) is 0 Å². The van der Waals surface area contributed by atoms with Crippen molar-refractivity contribution in [2.45, 2.75) is 51.6 Å². The number of rotatable bonds is 6. The van der Waals surface area contributed by atoms with Crippen LogP contribution in [0.25, 0.3) is 11.1 Å². The van der Waals surface area contributed by atoms with Crippen LogP contribution in [-0.4, -0.2) is 17.2 Å². The first kappa shape index (κ1) is 21.3. The van der Waals surface area contributed by atoms with E-state index in [-0.39, 0.29) is 34.6 Å². The molecule has 0 aliphatic heterocycles. The highest BCUT2D eigenvalue weighted by atomic mass is 19.2. The third-order valence-electron chi connectivity index (χ3n) is 6.08. The SMILES string of the molecule is CC[C@H]1CC[C@H](C(F)Cc2c(C(=O)O)cccc2-c2cc(F)c(F)c(F)c2)CC1. The lowest BCUT2D eigenvalue weighted by molar-refractivity contribution is 0.0694. The monoisotopic (exact) mass is 408 g/mol. The third kappa shape index (κ3) is 4.62. The van der Waals surface area contributed by atoms with Crippen LogP contribution < -0.4 is 0 Å². The number of hydrogen-bond donors (Lipinski definition) is 1. The molecule has 1 saturated carbocycles. The van der Waals surface area contributed by atoms with E-state index in [0.717, 1.165) is 44.2 Å². The maximum atomic E-state index is 15.2. The Morgan fingerprint density at radius 1 is 1.10 bits per heavy atom. The minimum absolute atomic E-state index is 0.0126. The van der Waals surface area contributed by atoms with Crippen molar-refractivity contribution >= 4 is 5.97 Å². The minimum atomic E-state index is -1.60. The Morgan fingerprint density at radius 2 is 1.72 bits per heavy atom. The van der Waals surface area contributed by atoms with E-state index in [4.69, 9.17) is 0 Å². The van der Waals surface area contributed by atoms with Crippen molar-refractivity contribution in [3.8, 4) is 11.1 Å². The number of halogens is 4. The Morgan fingerprint density at radius 3 is 2.28 bits per heavy atom. The van der Waals surface area contributed by atoms with Crippen molar-refractivity contribution in [2.24, 2.45) is 11.8 Å². The molecule has 0 amide bonds. The highest BCUT2D eigenvalue weighted by Crippen LogP contribution is 2.37. The van der Waals surface area contributed by atoms with Gasteiger partial charge in [-0.05, 0) is 59.6 Å². The van der Waals surface area contributed by atoms with Crippen LogP contribution in [0.3, 0.4) is 0 Å². The smallest absolute Gasteiger partial charge is 0.335 e. The molecule has 1 aliphatic rings. The highest BCUT2D eigenvalue weighted by molar-refractivity contribution is 5.92. The molecule has 0 spiro atoms. The standard InChI is InChI=1S/C23H24F4O2/c1-2-13-6-8-14(9-7-13)19(24)12-18-16(4-3-5-17(18)23(28)29)15-10-20(25)22(27)21(26)11-15/h3-5,10-11,13-14,19H,2,6-9,12H2,1H3,(H,28,29)/t13-,14-,19?. The maximum Gasteiger partial charge on any atom is 0.335 e. The molecule has 0 bridgehead atoms. The second kappa shape index (κ2) is 8.97. The summed E-state index contributed by atoms with van der Waals surface area (Å²) in [4.78, 5) is 11.7. The Kier molecular flexibility index (Phi) is 6.60. The molecule has 6 heteroatoms. The number of carbonyl (C=O) groups is 1. The average Bonchev–Trinajstić information content (AvgIpc) is 2.71. The van der Waals surface area contributed by atoms with Gasteiger partial charge in [0, 0.05) is 6.42 Å². The van der Waals surface area contributed by atoms with Crippen LogP contribution in [0.15, 0.2) is 30.3 Å². The van der Waals surface area contributed by atoms with Gasteiger partial charge in [0.2, 0.25) is 0 Å². The molecule has 1 fully saturated rings. The summed E-state index contributed by atoms with van der Waals surface area (Å²) < 4.78 is 56.0. The largest absolute Gasteiger partial charge is 0.478 e. The fourth-order valence-electron chi connectivity index (χ4n) is 4.31. The first-order valence-electron chi connectivity index (χ1n) is 9.96. The molecule has 0 saturated heterocycles. The molecule has 2 nitrogen and oxygen atoms in total. The predicted molar refractivity (Wildman–Crippen MR) is 103 cm³/mol. The molecule has 3 rings (SSSR count). The molecule has 0 heterocycles. The molecule has 0 aromatic heterocycles. The summed E-state index contributed by atoms with van der Waals surface area (Å²) in [5.41, 5.74) is 0.252. The topological polar surface area (TPSA) is 37.3 Å². The number of aromatic carboxylic acids is 1. The molecular weight excluding hydrogens is 384 g/mol. The van der Waals surface area contributed by atoms with Gasteiger partial charge >= 0.3 is 5.97 Å². The van der Waals surface area contributed by atoms with E-state index in [1.54, 1.807) is 0 Å². The summed E-state index contributed by atoms with van der Waals surface area (Å²) in [6.45, 7) is 2.12. The Labute approximate surface area is 167 Å². The molecule has 29 heavy (non-hydrogen) atoms. The zero-order chi connectivity index (χ0) is 21.1. The van der Waals surface area contributed by atoms with E-state index in [9.17, 15) is 23.1 Å². The quantitative estimate of drug-likeness (QED) is 0.434. The van der Waals surface area contributed by atoms with Crippen LogP contribution in [0.5, 0.6) is 0 Å². The number of carboxylic acids is 1.